The first kappa shape index (κ1) is 22.4. The first-order chi connectivity index (χ1) is 15.0. The van der Waals surface area contributed by atoms with Gasteiger partial charge in [-0.15, -0.1) is 0 Å². The normalized spacial score (nSPS) is 18.9. The van der Waals surface area contributed by atoms with Crippen LogP contribution in [0.4, 0.5) is 11.4 Å². The highest BCUT2D eigenvalue weighted by Gasteiger charge is 2.26. The molecule has 0 aromatic heterocycles. The third-order valence-electron chi connectivity index (χ3n) is 6.41. The first-order valence-corrected chi connectivity index (χ1v) is 11.7. The highest BCUT2D eigenvalue weighted by molar-refractivity contribution is 6.35. The lowest BCUT2D eigenvalue weighted by molar-refractivity contribution is -0.121. The molecule has 0 aliphatic carbocycles. The van der Waals surface area contributed by atoms with Crippen LogP contribution in [0.1, 0.15) is 18.4 Å². The van der Waals surface area contributed by atoms with E-state index in [2.05, 4.69) is 39.2 Å². The quantitative estimate of drug-likeness (QED) is 0.707. The lowest BCUT2D eigenvalue weighted by atomic mass is 9.95. The van der Waals surface area contributed by atoms with Crippen molar-refractivity contribution in [3.63, 3.8) is 0 Å². The van der Waals surface area contributed by atoms with Gasteiger partial charge in [0.05, 0.1) is 0 Å². The standard InChI is InChI=1S/C24H30Cl2N4O/c1-28-13-15-30(16-14-28)20-7-5-19(6-8-20)27-24(31)18-9-11-29(12-10-18)17-21-22(25)3-2-4-23(21)26/h2-8,18H,9-17H2,1H3,(H,27,31). The fraction of sp³-hybridized carbons (Fsp3) is 0.458. The van der Waals surface area contributed by atoms with Gasteiger partial charge in [-0.2, -0.15) is 0 Å². The van der Waals surface area contributed by atoms with E-state index >= 15 is 0 Å². The first-order valence-electron chi connectivity index (χ1n) is 11.0. The van der Waals surface area contributed by atoms with Crippen molar-refractivity contribution in [3.05, 3.63) is 58.1 Å². The van der Waals surface area contributed by atoms with Gasteiger partial charge in [0.25, 0.3) is 0 Å². The van der Waals surface area contributed by atoms with Crippen LogP contribution < -0.4 is 10.2 Å². The van der Waals surface area contributed by atoms with Crippen molar-refractivity contribution in [2.45, 2.75) is 19.4 Å². The van der Waals surface area contributed by atoms with E-state index in [-0.39, 0.29) is 11.8 Å². The Balaban J connectivity index is 1.26. The highest BCUT2D eigenvalue weighted by Crippen LogP contribution is 2.28. The summed E-state index contributed by atoms with van der Waals surface area (Å²) in [5, 5.41) is 4.51. The fourth-order valence-corrected chi connectivity index (χ4v) is 4.84. The highest BCUT2D eigenvalue weighted by atomic mass is 35.5. The molecule has 4 rings (SSSR count). The van der Waals surface area contributed by atoms with Gasteiger partial charge in [0.15, 0.2) is 0 Å². The molecule has 2 aromatic rings. The summed E-state index contributed by atoms with van der Waals surface area (Å²) in [4.78, 5) is 19.8. The molecule has 31 heavy (non-hydrogen) atoms. The Kier molecular flexibility index (Phi) is 7.39. The molecule has 2 aliphatic rings. The van der Waals surface area contributed by atoms with Crippen molar-refractivity contribution >= 4 is 40.5 Å². The molecule has 7 heteroatoms. The molecule has 2 fully saturated rings. The number of likely N-dealkylation sites (N-methyl/N-ethyl adjacent to an activating group) is 1. The molecule has 0 unspecified atom stereocenters. The number of carbonyl (C=O) groups is 1. The van der Waals surface area contributed by atoms with Gasteiger partial charge in [0.2, 0.25) is 5.91 Å². The topological polar surface area (TPSA) is 38.8 Å². The van der Waals surface area contributed by atoms with Gasteiger partial charge in [0, 0.05) is 65.6 Å². The Bertz CT molecular complexity index is 869. The summed E-state index contributed by atoms with van der Waals surface area (Å²) in [7, 11) is 2.16. The summed E-state index contributed by atoms with van der Waals surface area (Å²) in [5.74, 6) is 0.151. The number of carbonyl (C=O) groups excluding carboxylic acids is 1. The molecule has 5 nitrogen and oxygen atoms in total. The van der Waals surface area contributed by atoms with E-state index in [1.54, 1.807) is 0 Å². The molecule has 2 aliphatic heterocycles. The lowest BCUT2D eigenvalue weighted by Gasteiger charge is -2.34. The number of anilines is 2. The fourth-order valence-electron chi connectivity index (χ4n) is 4.32. The predicted molar refractivity (Wildman–Crippen MR) is 129 cm³/mol. The summed E-state index contributed by atoms with van der Waals surface area (Å²) in [6, 6.07) is 13.9. The lowest BCUT2D eigenvalue weighted by Crippen LogP contribution is -2.44. The average molecular weight is 461 g/mol. The van der Waals surface area contributed by atoms with Crippen LogP contribution in [0.3, 0.4) is 0 Å². The van der Waals surface area contributed by atoms with Crippen LogP contribution in [0.2, 0.25) is 10.0 Å². The smallest absolute Gasteiger partial charge is 0.227 e. The summed E-state index contributed by atoms with van der Waals surface area (Å²) in [6.45, 7) is 6.70. The van der Waals surface area contributed by atoms with Crippen LogP contribution in [-0.2, 0) is 11.3 Å². The number of piperazine rings is 1. The average Bonchev–Trinajstić information content (AvgIpc) is 2.78. The van der Waals surface area contributed by atoms with E-state index in [1.165, 1.54) is 5.69 Å². The van der Waals surface area contributed by atoms with Crippen LogP contribution >= 0.6 is 23.2 Å². The SMILES string of the molecule is CN1CCN(c2ccc(NC(=O)C3CCN(Cc4c(Cl)cccc4Cl)CC3)cc2)CC1. The number of piperidine rings is 1. The summed E-state index contributed by atoms with van der Waals surface area (Å²) in [6.07, 6.45) is 1.68. The summed E-state index contributed by atoms with van der Waals surface area (Å²) >= 11 is 12.6. The van der Waals surface area contributed by atoms with Gasteiger partial charge in [0.1, 0.15) is 0 Å². The molecule has 0 spiro atoms. The van der Waals surface area contributed by atoms with Gasteiger partial charge < -0.3 is 15.1 Å². The number of hydrogen-bond donors (Lipinski definition) is 1. The van der Waals surface area contributed by atoms with E-state index in [0.29, 0.717) is 10.0 Å². The molecule has 0 bridgehead atoms. The third-order valence-corrected chi connectivity index (χ3v) is 7.11. The monoisotopic (exact) mass is 460 g/mol. The van der Waals surface area contributed by atoms with E-state index in [1.807, 2.05) is 30.3 Å². The number of nitrogens with one attached hydrogen (secondary N) is 1. The number of hydrogen-bond acceptors (Lipinski definition) is 4. The van der Waals surface area contributed by atoms with Gasteiger partial charge in [-0.3, -0.25) is 9.69 Å². The van der Waals surface area contributed by atoms with Crippen LogP contribution in [0.25, 0.3) is 0 Å². The maximum absolute atomic E-state index is 12.8. The molecule has 2 aromatic carbocycles. The minimum Gasteiger partial charge on any atom is -0.369 e. The second kappa shape index (κ2) is 10.2. The number of amides is 1. The van der Waals surface area contributed by atoms with Crippen molar-refractivity contribution < 1.29 is 4.79 Å². The number of nitrogens with zero attached hydrogens (tertiary/aromatic N) is 3. The molecule has 166 valence electrons. The van der Waals surface area contributed by atoms with Crippen LogP contribution in [0, 0.1) is 5.92 Å². The van der Waals surface area contributed by atoms with Crippen LogP contribution in [0.15, 0.2) is 42.5 Å². The minimum atomic E-state index is 0.0373. The molecule has 0 atom stereocenters. The zero-order valence-corrected chi connectivity index (χ0v) is 19.5. The van der Waals surface area contributed by atoms with Crippen molar-refractivity contribution in [3.8, 4) is 0 Å². The molecule has 0 saturated carbocycles. The Labute approximate surface area is 194 Å². The maximum Gasteiger partial charge on any atom is 0.227 e. The second-order valence-corrected chi connectivity index (χ2v) is 9.39. The molecule has 2 saturated heterocycles. The minimum absolute atomic E-state index is 0.0373. The number of rotatable bonds is 5. The van der Waals surface area contributed by atoms with Gasteiger partial charge in [-0.05, 0) is 69.4 Å². The van der Waals surface area contributed by atoms with Crippen LogP contribution in [-0.4, -0.2) is 62.0 Å². The molecule has 2 heterocycles. The van der Waals surface area contributed by atoms with E-state index in [0.717, 1.165) is 69.9 Å². The van der Waals surface area contributed by atoms with Crippen molar-refractivity contribution in [2.75, 3.05) is 56.5 Å². The Morgan fingerprint density at radius 3 is 2.16 bits per heavy atom. The maximum atomic E-state index is 12.8. The second-order valence-electron chi connectivity index (χ2n) is 8.58. The van der Waals surface area contributed by atoms with Crippen molar-refractivity contribution in [2.24, 2.45) is 5.92 Å². The van der Waals surface area contributed by atoms with Gasteiger partial charge in [-0.1, -0.05) is 29.3 Å². The Morgan fingerprint density at radius 2 is 1.55 bits per heavy atom. The summed E-state index contributed by atoms with van der Waals surface area (Å²) in [5.41, 5.74) is 3.06. The van der Waals surface area contributed by atoms with Crippen LogP contribution in [0.5, 0.6) is 0 Å². The third kappa shape index (κ3) is 5.72. The molecule has 0 radical (unpaired) electrons. The number of halogens is 2. The van der Waals surface area contributed by atoms with Gasteiger partial charge in [-0.25, -0.2) is 0 Å². The molecule has 1 N–H and O–H groups in total. The van der Waals surface area contributed by atoms with Crippen molar-refractivity contribution in [1.82, 2.24) is 9.80 Å². The van der Waals surface area contributed by atoms with E-state index in [9.17, 15) is 4.79 Å². The van der Waals surface area contributed by atoms with E-state index < -0.39 is 0 Å². The largest absolute Gasteiger partial charge is 0.369 e. The molecule has 1 amide bonds. The molecular weight excluding hydrogens is 431 g/mol. The Hall–Kier alpha value is -1.79. The summed E-state index contributed by atoms with van der Waals surface area (Å²) < 4.78 is 0. The number of benzene rings is 2. The zero-order valence-electron chi connectivity index (χ0n) is 18.0. The zero-order chi connectivity index (χ0) is 21.8. The van der Waals surface area contributed by atoms with E-state index in [4.69, 9.17) is 23.2 Å². The Morgan fingerprint density at radius 1 is 0.935 bits per heavy atom. The van der Waals surface area contributed by atoms with Gasteiger partial charge >= 0.3 is 0 Å². The predicted octanol–water partition coefficient (Wildman–Crippen LogP) is 4.60. The number of likely N-dealkylation sites (tertiary alicyclic amines) is 1. The molecular formula is C24H30Cl2N4O. The van der Waals surface area contributed by atoms with Crippen molar-refractivity contribution in [1.29, 1.82) is 0 Å².